The molecule has 0 N–H and O–H groups in total. The Morgan fingerprint density at radius 3 is 1.50 bits per heavy atom. The summed E-state index contributed by atoms with van der Waals surface area (Å²) < 4.78 is 11.4. The van der Waals surface area contributed by atoms with Crippen LogP contribution < -0.4 is 0 Å². The van der Waals surface area contributed by atoms with Crippen molar-refractivity contribution < 1.29 is 19.1 Å². The topological polar surface area (TPSA) is 52.6 Å². The molecule has 1 aromatic carbocycles. The predicted octanol–water partition coefficient (Wildman–Crippen LogP) is 4.34. The number of carbonyl (C=O) groups is 2. The van der Waals surface area contributed by atoms with Gasteiger partial charge in [-0.3, -0.25) is 0 Å². The van der Waals surface area contributed by atoms with Crippen LogP contribution in [0.3, 0.4) is 0 Å². The van der Waals surface area contributed by atoms with Gasteiger partial charge in [0.15, 0.2) is 0 Å². The fourth-order valence-electron chi connectivity index (χ4n) is 1.42. The summed E-state index contributed by atoms with van der Waals surface area (Å²) >= 11 is 6.58. The van der Waals surface area contributed by atoms with E-state index in [1.807, 2.05) is 0 Å². The van der Waals surface area contributed by atoms with Crippen LogP contribution in [-0.4, -0.2) is 24.1 Å². The monoisotopic (exact) mass is 406 g/mol. The Morgan fingerprint density at radius 1 is 0.850 bits per heavy atom. The fourth-order valence-corrected chi connectivity index (χ4v) is 2.73. The summed E-state index contributed by atoms with van der Waals surface area (Å²) in [6.07, 6.45) is -0.465. The van der Waals surface area contributed by atoms with Gasteiger partial charge in [0.2, 0.25) is 0 Å². The first-order chi connectivity index (χ1) is 9.22. The van der Waals surface area contributed by atoms with Gasteiger partial charge in [-0.25, -0.2) is 9.59 Å². The zero-order valence-corrected chi connectivity index (χ0v) is 14.9. The quantitative estimate of drug-likeness (QED) is 0.696. The van der Waals surface area contributed by atoms with Crippen LogP contribution in [-0.2, 0) is 9.47 Å². The zero-order valence-electron chi connectivity index (χ0n) is 11.7. The number of hydrogen-bond acceptors (Lipinski definition) is 4. The first-order valence-corrected chi connectivity index (χ1v) is 7.72. The van der Waals surface area contributed by atoms with Crippen LogP contribution in [0.25, 0.3) is 0 Å². The molecule has 0 bridgehead atoms. The van der Waals surface area contributed by atoms with E-state index in [-0.39, 0.29) is 23.3 Å². The van der Waals surface area contributed by atoms with Crippen LogP contribution in [0, 0.1) is 0 Å². The molecule has 4 nitrogen and oxygen atoms in total. The Bertz CT molecular complexity index is 481. The van der Waals surface area contributed by atoms with Gasteiger partial charge in [0.1, 0.15) is 0 Å². The molecular formula is C14H16Br2O4. The molecule has 0 fully saturated rings. The molecule has 110 valence electrons. The summed E-state index contributed by atoms with van der Waals surface area (Å²) in [5.41, 5.74) is 0.579. The minimum atomic E-state index is -0.488. The van der Waals surface area contributed by atoms with Gasteiger partial charge in [0.05, 0.1) is 23.3 Å². The number of carbonyl (C=O) groups excluding carboxylic acids is 2. The fraction of sp³-hybridized carbons (Fsp3) is 0.429. The van der Waals surface area contributed by atoms with E-state index in [1.54, 1.807) is 33.8 Å². The molecule has 1 aromatic rings. The molecule has 0 spiro atoms. The minimum Gasteiger partial charge on any atom is -0.459 e. The lowest BCUT2D eigenvalue weighted by atomic mass is 10.1. The van der Waals surface area contributed by atoms with Crippen molar-refractivity contribution in [3.8, 4) is 0 Å². The maximum absolute atomic E-state index is 12.0. The predicted molar refractivity (Wildman–Crippen MR) is 82.9 cm³/mol. The number of halogens is 2. The smallest absolute Gasteiger partial charge is 0.339 e. The van der Waals surface area contributed by atoms with Gasteiger partial charge in [-0.1, -0.05) is 0 Å². The second-order valence-electron chi connectivity index (χ2n) is 4.72. The van der Waals surface area contributed by atoms with Crippen molar-refractivity contribution in [2.45, 2.75) is 39.9 Å². The maximum atomic E-state index is 12.0. The molecule has 0 atom stereocenters. The molecule has 0 saturated heterocycles. The molecule has 0 heterocycles. The minimum absolute atomic E-state index is 0.232. The Balaban J connectivity index is 3.15. The molecule has 0 unspecified atom stereocenters. The lowest BCUT2D eigenvalue weighted by molar-refractivity contribution is 0.0376. The molecule has 6 heteroatoms. The van der Waals surface area contributed by atoms with E-state index in [4.69, 9.17) is 9.47 Å². The lowest BCUT2D eigenvalue weighted by Gasteiger charge is -2.13. The zero-order chi connectivity index (χ0) is 15.4. The molecule has 0 aliphatic rings. The highest BCUT2D eigenvalue weighted by atomic mass is 79.9. The van der Waals surface area contributed by atoms with Crippen LogP contribution in [0.2, 0.25) is 0 Å². The van der Waals surface area contributed by atoms with E-state index in [0.29, 0.717) is 8.95 Å². The second-order valence-corrected chi connectivity index (χ2v) is 6.43. The van der Waals surface area contributed by atoms with Crippen molar-refractivity contribution in [2.75, 3.05) is 0 Å². The lowest BCUT2D eigenvalue weighted by Crippen LogP contribution is -2.15. The summed E-state index contributed by atoms with van der Waals surface area (Å²) in [6.45, 7) is 7.05. The first kappa shape index (κ1) is 17.2. The van der Waals surface area contributed by atoms with Gasteiger partial charge in [0.25, 0.3) is 0 Å². The van der Waals surface area contributed by atoms with Gasteiger partial charge in [0, 0.05) is 8.95 Å². The average Bonchev–Trinajstić information content (AvgIpc) is 2.26. The van der Waals surface area contributed by atoms with Crippen LogP contribution in [0.5, 0.6) is 0 Å². The van der Waals surface area contributed by atoms with E-state index >= 15 is 0 Å². The number of esters is 2. The van der Waals surface area contributed by atoms with Crippen LogP contribution in [0.15, 0.2) is 21.1 Å². The van der Waals surface area contributed by atoms with Crippen molar-refractivity contribution in [1.29, 1.82) is 0 Å². The van der Waals surface area contributed by atoms with Crippen LogP contribution >= 0.6 is 31.9 Å². The summed E-state index contributed by atoms with van der Waals surface area (Å²) in [7, 11) is 0. The van der Waals surface area contributed by atoms with Crippen LogP contribution in [0.1, 0.15) is 48.4 Å². The van der Waals surface area contributed by atoms with E-state index in [9.17, 15) is 9.59 Å². The molecule has 0 saturated carbocycles. The third-order valence-corrected chi connectivity index (χ3v) is 3.49. The SMILES string of the molecule is CC(C)OC(=O)c1cc(C(=O)OC(C)C)c(Br)cc1Br. The van der Waals surface area contributed by atoms with Gasteiger partial charge in [-0.2, -0.15) is 0 Å². The summed E-state index contributed by atoms with van der Waals surface area (Å²) in [5, 5.41) is 0. The Hall–Kier alpha value is -0.880. The highest BCUT2D eigenvalue weighted by Crippen LogP contribution is 2.28. The average molecular weight is 408 g/mol. The maximum Gasteiger partial charge on any atom is 0.339 e. The third-order valence-electron chi connectivity index (χ3n) is 2.18. The van der Waals surface area contributed by atoms with E-state index in [0.717, 1.165) is 0 Å². The summed E-state index contributed by atoms with van der Waals surface area (Å²) in [4.78, 5) is 23.9. The molecule has 0 aliphatic heterocycles. The van der Waals surface area contributed by atoms with Gasteiger partial charge >= 0.3 is 11.9 Å². The van der Waals surface area contributed by atoms with Crippen molar-refractivity contribution in [3.63, 3.8) is 0 Å². The van der Waals surface area contributed by atoms with E-state index in [1.165, 1.54) is 6.07 Å². The van der Waals surface area contributed by atoms with Crippen LogP contribution in [0.4, 0.5) is 0 Å². The molecule has 0 aliphatic carbocycles. The van der Waals surface area contributed by atoms with Gasteiger partial charge in [-0.05, 0) is 71.7 Å². The normalized spacial score (nSPS) is 10.8. The van der Waals surface area contributed by atoms with E-state index < -0.39 is 11.9 Å². The molecule has 1 rings (SSSR count). The number of benzene rings is 1. The van der Waals surface area contributed by atoms with Gasteiger partial charge in [-0.15, -0.1) is 0 Å². The summed E-state index contributed by atoms with van der Waals surface area (Å²) in [5.74, 6) is -0.976. The third kappa shape index (κ3) is 4.59. The molecule has 0 radical (unpaired) electrons. The highest BCUT2D eigenvalue weighted by molar-refractivity contribution is 9.11. The Labute approximate surface area is 135 Å². The Morgan fingerprint density at radius 2 is 1.20 bits per heavy atom. The molecule has 0 amide bonds. The van der Waals surface area contributed by atoms with Crippen molar-refractivity contribution in [1.82, 2.24) is 0 Å². The van der Waals surface area contributed by atoms with E-state index in [2.05, 4.69) is 31.9 Å². The van der Waals surface area contributed by atoms with Crippen molar-refractivity contribution in [3.05, 3.63) is 32.2 Å². The largest absolute Gasteiger partial charge is 0.459 e. The molecule has 0 aromatic heterocycles. The standard InChI is InChI=1S/C14H16Br2O4/c1-7(2)19-13(17)9-5-10(12(16)6-11(9)15)14(18)20-8(3)4/h5-8H,1-4H3. The Kier molecular flexibility index (Phi) is 6.20. The molecular weight excluding hydrogens is 392 g/mol. The van der Waals surface area contributed by atoms with Crippen molar-refractivity contribution >= 4 is 43.8 Å². The van der Waals surface area contributed by atoms with Gasteiger partial charge < -0.3 is 9.47 Å². The number of ether oxygens (including phenoxy) is 2. The van der Waals surface area contributed by atoms with Crippen molar-refractivity contribution in [2.24, 2.45) is 0 Å². The summed E-state index contributed by atoms with van der Waals surface area (Å²) in [6, 6.07) is 3.09. The first-order valence-electron chi connectivity index (χ1n) is 6.13. The second kappa shape index (κ2) is 7.22. The molecule has 20 heavy (non-hydrogen) atoms. The highest BCUT2D eigenvalue weighted by Gasteiger charge is 2.20. The number of rotatable bonds is 4. The number of hydrogen-bond donors (Lipinski definition) is 0.